The fraction of sp³-hybridized carbons (Fsp3) is 0.0588. The van der Waals surface area contributed by atoms with E-state index in [1.165, 1.54) is 0 Å². The van der Waals surface area contributed by atoms with Gasteiger partial charge in [-0.15, -0.1) is 10.2 Å². The molecule has 0 aliphatic heterocycles. The molecule has 38 heteroatoms. The van der Waals surface area contributed by atoms with Crippen LogP contribution in [0.15, 0.2) is 107 Å². The summed E-state index contributed by atoms with van der Waals surface area (Å²) in [4.78, 5) is 32.7. The number of Topliss-reactive ketones (excluding diaryl/α,β-unsaturated/α-hetero) is 1. The normalized spacial score (nSPS) is 12.2. The largest absolute Gasteiger partial charge is 1.00 e. The number of fused-ring (bicyclic) bond motifs is 1. The Morgan fingerprint density at radius 1 is 0.583 bits per heavy atom. The quantitative estimate of drug-likeness (QED) is 0.0141. The molecule has 0 aliphatic rings. The Kier molecular flexibility index (Phi) is 22.7. The third-order valence-electron chi connectivity index (χ3n) is 8.47. The van der Waals surface area contributed by atoms with E-state index in [2.05, 4.69) is 51.0 Å². The first-order valence-electron chi connectivity index (χ1n) is 17.5. The summed E-state index contributed by atoms with van der Waals surface area (Å²) >= 11 is 0. The van der Waals surface area contributed by atoms with Crippen LogP contribution in [-0.2, 0) is 50.1 Å². The number of carbonyl (C=O) groups excluding carboxylic acids is 2. The van der Waals surface area contributed by atoms with Gasteiger partial charge in [-0.05, 0) is 61.5 Å². The Bertz CT molecular complexity index is 3630. The monoisotopic (exact) mass is 1120 g/mol. The number of amides is 1. The number of phenolic OH excluding ortho intramolecular Hbond substituents is 1. The van der Waals surface area contributed by atoms with Crippen LogP contribution in [0.4, 0.5) is 63.3 Å². The number of nitrogens with one attached hydrogen (secondary N) is 3. The zero-order valence-electron chi connectivity index (χ0n) is 36.8. The van der Waals surface area contributed by atoms with Gasteiger partial charge in [0.25, 0.3) is 5.91 Å². The Morgan fingerprint density at radius 2 is 1.04 bits per heavy atom. The van der Waals surface area contributed by atoms with Crippen molar-refractivity contribution in [2.75, 3.05) is 16.0 Å². The van der Waals surface area contributed by atoms with Crippen molar-refractivity contribution in [2.45, 2.75) is 32.5 Å². The molecule has 0 saturated carbocycles. The molecule has 6 aromatic rings. The topological polar surface area (TPSA) is 420 Å². The number of aromatic nitrogens is 4. The van der Waals surface area contributed by atoms with E-state index >= 15 is 0 Å². The van der Waals surface area contributed by atoms with Gasteiger partial charge < -0.3 is 39.3 Å². The molecule has 0 spiro atoms. The van der Waals surface area contributed by atoms with E-state index in [-0.39, 0.29) is 136 Å². The van der Waals surface area contributed by atoms with Gasteiger partial charge in [0, 0.05) is 34.3 Å². The third-order valence-corrected chi connectivity index (χ3v) is 12.0. The molecule has 0 radical (unpaired) electrons. The van der Waals surface area contributed by atoms with Crippen molar-refractivity contribution in [3.63, 3.8) is 0 Å². The van der Waals surface area contributed by atoms with Gasteiger partial charge in [0.05, 0.1) is 25.3 Å². The third kappa shape index (κ3) is 16.0. The smallest absolute Gasteiger partial charge is 0.744 e. The minimum Gasteiger partial charge on any atom is -0.744 e. The fourth-order valence-electron chi connectivity index (χ4n) is 5.76. The first-order chi connectivity index (χ1) is 31.5. The van der Waals surface area contributed by atoms with Crippen LogP contribution in [0, 0.1) is 24.1 Å². The SMILES string of the molecule is CC(=O)C(N=Nc1cc(Nc2cc(F)nc(F)n2)ccc1S(=O)(=O)[O-])C(=O)Nc1ccc2c(O)c(N=Nc3cc(Nc4cc(F)nc(F)n4)ccc3S(=O)(=O)[O-])c(S(=O)(=O)[O-])cc2c1S(=O)(=O)[O-].[Na+].[Na+].[Na+].[Na+]. The average Bonchev–Trinajstić information content (AvgIpc) is 3.18. The molecule has 4 N–H and O–H groups in total. The fourth-order valence-corrected chi connectivity index (χ4v) is 8.41. The Morgan fingerprint density at radius 3 is 1.46 bits per heavy atom. The van der Waals surface area contributed by atoms with E-state index < -0.39 is 153 Å². The standard InChI is InChI=1S/C34H23F4N11O15S4.4Na/c1-13(50)28(48-46-19-8-14(2-6-21(19)65(53,54)55)39-26-11-24(35)42-33(37)44-26)32(52)41-18-5-4-16-17(31(18)68(62,63)64)10-23(67(59,60)61)29(30(16)51)49-47-20-9-15(3-7-22(20)66(56,57)58)40-27-12-25(36)43-34(38)45-27;;;;/h2-12,28,51H,1H3,(H,41,52)(H,39,42,44)(H,40,43,45)(H,53,54,55)(H,56,57,58)(H,59,60,61)(H,62,63,64);;;;/q;4*+1/p-4. The molecule has 0 bridgehead atoms. The summed E-state index contributed by atoms with van der Waals surface area (Å²) < 4.78 is 202. The van der Waals surface area contributed by atoms with Crippen molar-refractivity contribution in [3.05, 3.63) is 90.8 Å². The Balaban J connectivity index is 0.00000444. The number of azo groups is 2. The Hall–Kier alpha value is -3.60. The average molecular weight is 1120 g/mol. The van der Waals surface area contributed by atoms with Crippen molar-refractivity contribution < 1.29 is 202 Å². The van der Waals surface area contributed by atoms with E-state index in [1.54, 1.807) is 0 Å². The molecule has 0 aliphatic carbocycles. The maximum atomic E-state index is 13.6. The van der Waals surface area contributed by atoms with E-state index in [4.69, 9.17) is 0 Å². The number of anilines is 5. The van der Waals surface area contributed by atoms with Gasteiger partial charge in [-0.3, -0.25) is 9.59 Å². The van der Waals surface area contributed by atoms with Crippen molar-refractivity contribution in [2.24, 2.45) is 20.5 Å². The number of hydrogen-bond acceptors (Lipinski definition) is 25. The molecular formula is C34H19F4N11Na4O15S4. The molecule has 2 heterocycles. The first-order valence-corrected chi connectivity index (χ1v) is 23.2. The number of rotatable bonds is 15. The molecule has 4 aromatic carbocycles. The van der Waals surface area contributed by atoms with Crippen LogP contribution in [0.1, 0.15) is 6.92 Å². The molecule has 1 unspecified atom stereocenters. The van der Waals surface area contributed by atoms with Crippen LogP contribution in [0.2, 0.25) is 0 Å². The maximum absolute atomic E-state index is 13.6. The van der Waals surface area contributed by atoms with Crippen LogP contribution in [0.3, 0.4) is 0 Å². The zero-order valence-corrected chi connectivity index (χ0v) is 48.1. The van der Waals surface area contributed by atoms with Crippen molar-refractivity contribution >= 4 is 109 Å². The predicted octanol–water partition coefficient (Wildman–Crippen LogP) is -8.10. The number of benzene rings is 4. The first kappa shape index (κ1) is 64.5. The zero-order chi connectivity index (χ0) is 50.3. The number of ketones is 1. The number of halogens is 4. The van der Waals surface area contributed by atoms with Crippen LogP contribution >= 0.6 is 0 Å². The van der Waals surface area contributed by atoms with Gasteiger partial charge in [0.15, 0.2) is 11.5 Å². The molecular weight excluding hydrogens is 1100 g/mol. The van der Waals surface area contributed by atoms with E-state index in [9.17, 15) is 84.1 Å². The maximum Gasteiger partial charge on any atom is 1.00 e. The predicted molar refractivity (Wildman–Crippen MR) is 213 cm³/mol. The van der Waals surface area contributed by atoms with Crippen LogP contribution in [0.5, 0.6) is 5.75 Å². The molecule has 0 fully saturated rings. The number of carbonyl (C=O) groups is 2. The summed E-state index contributed by atoms with van der Waals surface area (Å²) in [6, 6.07) is 4.80. The minimum atomic E-state index is -5.96. The number of hydrogen-bond donors (Lipinski definition) is 4. The van der Waals surface area contributed by atoms with Crippen molar-refractivity contribution in [1.29, 1.82) is 0 Å². The summed E-state index contributed by atoms with van der Waals surface area (Å²) in [5.41, 5.74) is -4.81. The molecule has 26 nitrogen and oxygen atoms in total. The van der Waals surface area contributed by atoms with E-state index in [1.807, 2.05) is 5.32 Å². The van der Waals surface area contributed by atoms with Crippen LogP contribution < -0.4 is 134 Å². The molecule has 1 amide bonds. The summed E-state index contributed by atoms with van der Waals surface area (Å²) in [6.07, 6.45) is -3.06. The second-order valence-corrected chi connectivity index (χ2v) is 18.5. The number of phenols is 1. The van der Waals surface area contributed by atoms with Gasteiger partial charge >= 0.3 is 130 Å². The van der Waals surface area contributed by atoms with Gasteiger partial charge in [-0.25, -0.2) is 33.7 Å². The van der Waals surface area contributed by atoms with Gasteiger partial charge in [0.2, 0.25) is 17.9 Å². The summed E-state index contributed by atoms with van der Waals surface area (Å²) in [7, 11) is -22.8. The van der Waals surface area contributed by atoms with Crippen molar-refractivity contribution in [3.8, 4) is 5.75 Å². The Labute approximate surface area is 490 Å². The van der Waals surface area contributed by atoms with Gasteiger partial charge in [-0.2, -0.15) is 47.7 Å². The molecule has 0 saturated heterocycles. The molecule has 6 rings (SSSR count). The molecule has 1 atom stereocenters. The minimum absolute atomic E-state index is 0. The molecule has 2 aromatic heterocycles. The number of nitrogens with zero attached hydrogens (tertiary/aromatic N) is 8. The second kappa shape index (κ2) is 25.3. The number of aromatic hydroxyl groups is 1. The van der Waals surface area contributed by atoms with Crippen LogP contribution in [0.25, 0.3) is 10.8 Å². The van der Waals surface area contributed by atoms with Crippen molar-refractivity contribution in [1.82, 2.24) is 19.9 Å². The van der Waals surface area contributed by atoms with E-state index in [0.717, 1.165) is 25.1 Å². The van der Waals surface area contributed by atoms with Gasteiger partial charge in [-0.1, -0.05) is 0 Å². The van der Waals surface area contributed by atoms with Gasteiger partial charge in [0.1, 0.15) is 69.2 Å². The van der Waals surface area contributed by atoms with Crippen LogP contribution in [-0.4, -0.2) is 94.7 Å². The summed E-state index contributed by atoms with van der Waals surface area (Å²) in [6.45, 7) is 0.721. The molecule has 356 valence electrons. The second-order valence-electron chi connectivity index (χ2n) is 13.1. The summed E-state index contributed by atoms with van der Waals surface area (Å²) in [5, 5.41) is 29.6. The van der Waals surface area contributed by atoms with E-state index in [0.29, 0.717) is 42.5 Å². The molecule has 72 heavy (non-hydrogen) atoms. The summed E-state index contributed by atoms with van der Waals surface area (Å²) in [5.74, 6) is -8.05.